The Bertz CT molecular complexity index is 571. The number of hydrogen-bond acceptors (Lipinski definition) is 3. The maximum Gasteiger partial charge on any atom is 0.315 e. The summed E-state index contributed by atoms with van der Waals surface area (Å²) in [4.78, 5) is 23.6. The van der Waals surface area contributed by atoms with Gasteiger partial charge in [-0.05, 0) is 43.9 Å². The van der Waals surface area contributed by atoms with Crippen LogP contribution < -0.4 is 20.7 Å². The second kappa shape index (κ2) is 11.4. The lowest BCUT2D eigenvalue weighted by molar-refractivity contribution is -0.121. The third kappa shape index (κ3) is 8.23. The molecule has 0 bridgehead atoms. The molecule has 0 unspecified atom stereocenters. The van der Waals surface area contributed by atoms with Crippen molar-refractivity contribution in [3.05, 3.63) is 29.8 Å². The number of carbonyl (C=O) groups excluding carboxylic acids is 2. The summed E-state index contributed by atoms with van der Waals surface area (Å²) in [6.07, 6.45) is 6.82. The van der Waals surface area contributed by atoms with Crippen molar-refractivity contribution in [1.29, 1.82) is 0 Å². The van der Waals surface area contributed by atoms with E-state index in [0.29, 0.717) is 38.6 Å². The zero-order chi connectivity index (χ0) is 18.6. The van der Waals surface area contributed by atoms with E-state index in [-0.39, 0.29) is 11.9 Å². The first-order valence-electron chi connectivity index (χ1n) is 9.64. The Morgan fingerprint density at radius 2 is 1.92 bits per heavy atom. The van der Waals surface area contributed by atoms with E-state index in [1.165, 1.54) is 19.3 Å². The van der Waals surface area contributed by atoms with E-state index in [2.05, 4.69) is 16.0 Å². The minimum Gasteiger partial charge on any atom is -0.492 e. The third-order valence-corrected chi connectivity index (χ3v) is 4.49. The van der Waals surface area contributed by atoms with Gasteiger partial charge < -0.3 is 20.7 Å². The lowest BCUT2D eigenvalue weighted by Crippen LogP contribution is -2.43. The molecule has 0 aliphatic heterocycles. The third-order valence-electron chi connectivity index (χ3n) is 4.49. The summed E-state index contributed by atoms with van der Waals surface area (Å²) in [5.74, 6) is 0.791. The van der Waals surface area contributed by atoms with Gasteiger partial charge in [-0.25, -0.2) is 4.79 Å². The minimum atomic E-state index is -0.121. The second-order valence-corrected chi connectivity index (χ2v) is 6.85. The monoisotopic (exact) mass is 361 g/mol. The molecule has 2 rings (SSSR count). The standard InChI is InChI=1S/C20H31N3O3/c1-16-7-5-10-18(15-16)26-14-13-21-19(24)11-6-12-22-20(25)23-17-8-3-2-4-9-17/h5,7,10,15,17H,2-4,6,8-9,11-14H2,1H3,(H,21,24)(H2,22,23,25). The highest BCUT2D eigenvalue weighted by molar-refractivity contribution is 5.76. The fourth-order valence-corrected chi connectivity index (χ4v) is 3.09. The molecule has 0 atom stereocenters. The Balaban J connectivity index is 1.46. The molecule has 3 N–H and O–H groups in total. The van der Waals surface area contributed by atoms with Crippen molar-refractivity contribution in [2.45, 2.75) is 57.9 Å². The van der Waals surface area contributed by atoms with E-state index in [1.807, 2.05) is 31.2 Å². The fraction of sp³-hybridized carbons (Fsp3) is 0.600. The van der Waals surface area contributed by atoms with Crippen molar-refractivity contribution in [3.63, 3.8) is 0 Å². The molecule has 6 heteroatoms. The average molecular weight is 361 g/mol. The van der Waals surface area contributed by atoms with Gasteiger partial charge in [0.2, 0.25) is 5.91 Å². The number of benzene rings is 1. The van der Waals surface area contributed by atoms with Crippen LogP contribution in [0, 0.1) is 6.92 Å². The van der Waals surface area contributed by atoms with Crippen LogP contribution in [0.3, 0.4) is 0 Å². The van der Waals surface area contributed by atoms with Gasteiger partial charge in [0.05, 0.1) is 6.54 Å². The van der Waals surface area contributed by atoms with Gasteiger partial charge in [0.25, 0.3) is 0 Å². The van der Waals surface area contributed by atoms with E-state index in [9.17, 15) is 9.59 Å². The van der Waals surface area contributed by atoms with E-state index in [4.69, 9.17) is 4.74 Å². The molecular weight excluding hydrogens is 330 g/mol. The molecule has 26 heavy (non-hydrogen) atoms. The molecule has 144 valence electrons. The van der Waals surface area contributed by atoms with E-state index in [1.54, 1.807) is 0 Å². The minimum absolute atomic E-state index is 0.0210. The van der Waals surface area contributed by atoms with Gasteiger partial charge in [0.15, 0.2) is 0 Å². The molecule has 1 fully saturated rings. The van der Waals surface area contributed by atoms with Gasteiger partial charge >= 0.3 is 6.03 Å². The van der Waals surface area contributed by atoms with Gasteiger partial charge in [-0.2, -0.15) is 0 Å². The number of urea groups is 1. The summed E-state index contributed by atoms with van der Waals surface area (Å²) in [7, 11) is 0. The normalized spacial score (nSPS) is 14.5. The summed E-state index contributed by atoms with van der Waals surface area (Å²) in [6.45, 7) is 3.43. The van der Waals surface area contributed by atoms with Gasteiger partial charge in [-0.15, -0.1) is 0 Å². The van der Waals surface area contributed by atoms with Gasteiger partial charge in [0.1, 0.15) is 12.4 Å². The van der Waals surface area contributed by atoms with Crippen molar-refractivity contribution in [2.75, 3.05) is 19.7 Å². The van der Waals surface area contributed by atoms with E-state index < -0.39 is 0 Å². The first-order valence-corrected chi connectivity index (χ1v) is 9.64. The Labute approximate surface area is 156 Å². The van der Waals surface area contributed by atoms with Crippen LogP contribution in [0.1, 0.15) is 50.5 Å². The maximum absolute atomic E-state index is 11.8. The van der Waals surface area contributed by atoms with E-state index >= 15 is 0 Å². The van der Waals surface area contributed by atoms with Gasteiger partial charge in [-0.3, -0.25) is 4.79 Å². The molecule has 1 aromatic rings. The number of carbonyl (C=O) groups is 2. The number of aryl methyl sites for hydroxylation is 1. The van der Waals surface area contributed by atoms with Crippen LogP contribution in [0.2, 0.25) is 0 Å². The maximum atomic E-state index is 11.8. The zero-order valence-electron chi connectivity index (χ0n) is 15.7. The molecule has 3 amide bonds. The van der Waals surface area contributed by atoms with Crippen LogP contribution in [0.25, 0.3) is 0 Å². The Morgan fingerprint density at radius 3 is 2.69 bits per heavy atom. The molecule has 1 aromatic carbocycles. The van der Waals surface area contributed by atoms with Crippen LogP contribution >= 0.6 is 0 Å². The molecule has 1 aliphatic rings. The first kappa shape index (κ1) is 20.1. The van der Waals surface area contributed by atoms with Crippen LogP contribution in [0.15, 0.2) is 24.3 Å². The molecule has 1 saturated carbocycles. The summed E-state index contributed by atoms with van der Waals surface area (Å²) in [6, 6.07) is 8.01. The largest absolute Gasteiger partial charge is 0.492 e. The number of hydrogen-bond donors (Lipinski definition) is 3. The average Bonchev–Trinajstić information content (AvgIpc) is 2.63. The molecule has 0 aromatic heterocycles. The predicted molar refractivity (Wildman–Crippen MR) is 102 cm³/mol. The van der Waals surface area contributed by atoms with Crippen LogP contribution in [-0.2, 0) is 4.79 Å². The molecule has 6 nitrogen and oxygen atoms in total. The van der Waals surface area contributed by atoms with Crippen molar-refractivity contribution >= 4 is 11.9 Å². The quantitative estimate of drug-likeness (QED) is 0.592. The van der Waals surface area contributed by atoms with Crippen LogP contribution in [-0.4, -0.2) is 37.7 Å². The second-order valence-electron chi connectivity index (χ2n) is 6.85. The summed E-state index contributed by atoms with van der Waals surface area (Å²) >= 11 is 0. The number of nitrogens with one attached hydrogen (secondary N) is 3. The molecule has 0 spiro atoms. The molecule has 1 aliphatic carbocycles. The SMILES string of the molecule is Cc1cccc(OCCNC(=O)CCCNC(=O)NC2CCCCC2)c1. The van der Waals surface area contributed by atoms with E-state index in [0.717, 1.165) is 24.2 Å². The van der Waals surface area contributed by atoms with Crippen LogP contribution in [0.5, 0.6) is 5.75 Å². The highest BCUT2D eigenvalue weighted by Gasteiger charge is 2.15. The first-order chi connectivity index (χ1) is 12.6. The van der Waals surface area contributed by atoms with Crippen molar-refractivity contribution < 1.29 is 14.3 Å². The lowest BCUT2D eigenvalue weighted by Gasteiger charge is -2.22. The molecule has 0 saturated heterocycles. The van der Waals surface area contributed by atoms with Crippen LogP contribution in [0.4, 0.5) is 4.79 Å². The van der Waals surface area contributed by atoms with Crippen molar-refractivity contribution in [1.82, 2.24) is 16.0 Å². The summed E-state index contributed by atoms with van der Waals surface area (Å²) < 4.78 is 5.59. The Hall–Kier alpha value is -2.24. The highest BCUT2D eigenvalue weighted by Crippen LogP contribution is 2.17. The smallest absolute Gasteiger partial charge is 0.315 e. The number of rotatable bonds is 9. The Morgan fingerprint density at radius 1 is 1.12 bits per heavy atom. The zero-order valence-corrected chi connectivity index (χ0v) is 15.7. The molecule has 0 heterocycles. The fourth-order valence-electron chi connectivity index (χ4n) is 3.09. The van der Waals surface area contributed by atoms with Gasteiger partial charge in [-0.1, -0.05) is 31.4 Å². The number of ether oxygens (including phenoxy) is 1. The Kier molecular flexibility index (Phi) is 8.79. The highest BCUT2D eigenvalue weighted by atomic mass is 16.5. The molecule has 0 radical (unpaired) electrons. The van der Waals surface area contributed by atoms with Gasteiger partial charge in [0, 0.05) is 19.0 Å². The molecular formula is C20H31N3O3. The lowest BCUT2D eigenvalue weighted by atomic mass is 9.96. The topological polar surface area (TPSA) is 79.5 Å². The summed E-state index contributed by atoms with van der Waals surface area (Å²) in [5.41, 5.74) is 1.14. The van der Waals surface area contributed by atoms with Crippen molar-refractivity contribution in [3.8, 4) is 5.75 Å². The van der Waals surface area contributed by atoms with Crippen molar-refractivity contribution in [2.24, 2.45) is 0 Å². The number of amides is 3. The predicted octanol–water partition coefficient (Wildman–Crippen LogP) is 2.90. The summed E-state index contributed by atoms with van der Waals surface area (Å²) in [5, 5.41) is 8.65.